The molecule has 1 heterocycles. The molecule has 0 spiro atoms. The molecule has 1 aliphatic heterocycles. The van der Waals surface area contributed by atoms with Crippen molar-refractivity contribution in [3.05, 3.63) is 24.3 Å². The van der Waals surface area contributed by atoms with Crippen LogP contribution in [0, 0.1) is 0 Å². The SMILES string of the molecule is O=S([O-])c1cccc(N2CCCC2)c1. The van der Waals surface area contributed by atoms with Gasteiger partial charge in [-0.2, -0.15) is 0 Å². The van der Waals surface area contributed by atoms with Crippen LogP contribution in [-0.2, 0) is 11.1 Å². The third kappa shape index (κ3) is 1.96. The van der Waals surface area contributed by atoms with Gasteiger partial charge in [0.2, 0.25) is 0 Å². The van der Waals surface area contributed by atoms with E-state index < -0.39 is 11.1 Å². The van der Waals surface area contributed by atoms with Crippen molar-refractivity contribution in [2.45, 2.75) is 17.7 Å². The summed E-state index contributed by atoms with van der Waals surface area (Å²) in [5, 5.41) is 0. The van der Waals surface area contributed by atoms with Crippen molar-refractivity contribution in [3.8, 4) is 0 Å². The minimum Gasteiger partial charge on any atom is -0.768 e. The molecule has 1 unspecified atom stereocenters. The van der Waals surface area contributed by atoms with E-state index in [2.05, 4.69) is 4.90 Å². The van der Waals surface area contributed by atoms with Crippen LogP contribution in [0.15, 0.2) is 29.2 Å². The van der Waals surface area contributed by atoms with Gasteiger partial charge in [-0.25, -0.2) is 0 Å². The Hall–Kier alpha value is -0.870. The molecule has 2 rings (SSSR count). The fraction of sp³-hybridized carbons (Fsp3) is 0.400. The Bertz CT molecular complexity index is 348. The van der Waals surface area contributed by atoms with Gasteiger partial charge in [-0.15, -0.1) is 0 Å². The summed E-state index contributed by atoms with van der Waals surface area (Å²) in [6.45, 7) is 2.07. The van der Waals surface area contributed by atoms with Gasteiger partial charge in [-0.3, -0.25) is 4.21 Å². The number of benzene rings is 1. The Balaban J connectivity index is 2.25. The highest BCUT2D eigenvalue weighted by molar-refractivity contribution is 7.79. The molecule has 14 heavy (non-hydrogen) atoms. The van der Waals surface area contributed by atoms with E-state index in [1.54, 1.807) is 18.2 Å². The van der Waals surface area contributed by atoms with Gasteiger partial charge in [0, 0.05) is 23.7 Å². The van der Waals surface area contributed by atoms with E-state index in [-0.39, 0.29) is 0 Å². The average Bonchev–Trinajstić information content (AvgIpc) is 2.71. The van der Waals surface area contributed by atoms with Crippen molar-refractivity contribution in [2.75, 3.05) is 18.0 Å². The number of nitrogens with zero attached hydrogens (tertiary/aromatic N) is 1. The van der Waals surface area contributed by atoms with Crippen LogP contribution in [0.2, 0.25) is 0 Å². The van der Waals surface area contributed by atoms with Gasteiger partial charge in [-0.1, -0.05) is 6.07 Å². The number of anilines is 1. The summed E-state index contributed by atoms with van der Waals surface area (Å²) < 4.78 is 21.5. The highest BCUT2D eigenvalue weighted by atomic mass is 32.2. The van der Waals surface area contributed by atoms with Gasteiger partial charge >= 0.3 is 0 Å². The molecule has 0 bridgehead atoms. The molecule has 0 amide bonds. The summed E-state index contributed by atoms with van der Waals surface area (Å²) in [7, 11) is 0. The third-order valence-corrected chi connectivity index (χ3v) is 3.12. The zero-order chi connectivity index (χ0) is 9.97. The van der Waals surface area contributed by atoms with Crippen LogP contribution in [0.5, 0.6) is 0 Å². The minimum atomic E-state index is -2.12. The molecular formula is C10H12NO2S-. The maximum atomic E-state index is 10.7. The van der Waals surface area contributed by atoms with E-state index in [1.165, 1.54) is 12.8 Å². The Morgan fingerprint density at radius 2 is 2.00 bits per heavy atom. The van der Waals surface area contributed by atoms with Gasteiger partial charge in [0.15, 0.2) is 0 Å². The van der Waals surface area contributed by atoms with E-state index in [0.717, 1.165) is 18.8 Å². The summed E-state index contributed by atoms with van der Waals surface area (Å²) in [4.78, 5) is 2.59. The first kappa shape index (κ1) is 9.68. The van der Waals surface area contributed by atoms with Crippen LogP contribution in [0.4, 0.5) is 5.69 Å². The Morgan fingerprint density at radius 3 is 2.64 bits per heavy atom. The van der Waals surface area contributed by atoms with E-state index >= 15 is 0 Å². The molecular weight excluding hydrogens is 198 g/mol. The zero-order valence-electron chi connectivity index (χ0n) is 7.81. The van der Waals surface area contributed by atoms with Gasteiger partial charge in [-0.05, 0) is 42.1 Å². The molecule has 0 saturated carbocycles. The van der Waals surface area contributed by atoms with Crippen molar-refractivity contribution >= 4 is 16.8 Å². The molecule has 0 aromatic heterocycles. The predicted molar refractivity (Wildman–Crippen MR) is 55.1 cm³/mol. The molecule has 1 saturated heterocycles. The second kappa shape index (κ2) is 4.11. The molecule has 1 aromatic rings. The molecule has 1 fully saturated rings. The maximum Gasteiger partial charge on any atom is 0.0377 e. The summed E-state index contributed by atoms with van der Waals surface area (Å²) in [5.41, 5.74) is 1.02. The van der Waals surface area contributed by atoms with Gasteiger partial charge in [0.1, 0.15) is 0 Å². The summed E-state index contributed by atoms with van der Waals surface area (Å²) in [6.07, 6.45) is 2.40. The molecule has 0 N–H and O–H groups in total. The first-order chi connectivity index (χ1) is 6.77. The zero-order valence-corrected chi connectivity index (χ0v) is 8.63. The molecule has 1 atom stereocenters. The van der Waals surface area contributed by atoms with Crippen LogP contribution in [-0.4, -0.2) is 21.9 Å². The number of hydrogen-bond donors (Lipinski definition) is 0. The third-order valence-electron chi connectivity index (χ3n) is 2.48. The lowest BCUT2D eigenvalue weighted by Crippen LogP contribution is -2.17. The maximum absolute atomic E-state index is 10.7. The first-order valence-electron chi connectivity index (χ1n) is 4.71. The highest BCUT2D eigenvalue weighted by Crippen LogP contribution is 2.21. The van der Waals surface area contributed by atoms with Gasteiger partial charge in [0.25, 0.3) is 0 Å². The van der Waals surface area contributed by atoms with Crippen molar-refractivity contribution < 1.29 is 8.76 Å². The number of hydrogen-bond acceptors (Lipinski definition) is 3. The molecule has 4 heteroatoms. The van der Waals surface area contributed by atoms with E-state index in [1.807, 2.05) is 6.07 Å². The van der Waals surface area contributed by atoms with Crippen molar-refractivity contribution in [3.63, 3.8) is 0 Å². The lowest BCUT2D eigenvalue weighted by atomic mass is 10.3. The summed E-state index contributed by atoms with van der Waals surface area (Å²) in [5.74, 6) is 0. The Kier molecular flexibility index (Phi) is 2.84. The van der Waals surface area contributed by atoms with E-state index in [0.29, 0.717) is 4.90 Å². The molecule has 76 valence electrons. The topological polar surface area (TPSA) is 43.4 Å². The second-order valence-electron chi connectivity index (χ2n) is 3.43. The van der Waals surface area contributed by atoms with Gasteiger partial charge in [0.05, 0.1) is 0 Å². The molecule has 1 aliphatic rings. The smallest absolute Gasteiger partial charge is 0.0377 e. The van der Waals surface area contributed by atoms with Crippen molar-refractivity contribution in [1.29, 1.82) is 0 Å². The monoisotopic (exact) mass is 210 g/mol. The van der Waals surface area contributed by atoms with E-state index in [4.69, 9.17) is 0 Å². The van der Waals surface area contributed by atoms with E-state index in [9.17, 15) is 8.76 Å². The molecule has 0 aliphatic carbocycles. The number of rotatable bonds is 2. The largest absolute Gasteiger partial charge is 0.768 e. The van der Waals surface area contributed by atoms with Gasteiger partial charge < -0.3 is 9.45 Å². The lowest BCUT2D eigenvalue weighted by Gasteiger charge is -2.18. The molecule has 0 radical (unpaired) electrons. The fourth-order valence-corrected chi connectivity index (χ4v) is 2.17. The summed E-state index contributed by atoms with van der Waals surface area (Å²) in [6, 6.07) is 7.09. The predicted octanol–water partition coefficient (Wildman–Crippen LogP) is 1.52. The van der Waals surface area contributed by atoms with Crippen molar-refractivity contribution in [1.82, 2.24) is 0 Å². The van der Waals surface area contributed by atoms with Crippen LogP contribution in [0.25, 0.3) is 0 Å². The van der Waals surface area contributed by atoms with Crippen LogP contribution < -0.4 is 4.90 Å². The summed E-state index contributed by atoms with van der Waals surface area (Å²) >= 11 is -2.12. The van der Waals surface area contributed by atoms with Crippen LogP contribution in [0.1, 0.15) is 12.8 Å². The Morgan fingerprint density at radius 1 is 1.29 bits per heavy atom. The standard InChI is InChI=1S/C10H13NO2S/c12-14(13)10-5-3-4-9(8-10)11-6-1-2-7-11/h3-5,8H,1-2,6-7H2,(H,12,13)/p-1. The van der Waals surface area contributed by atoms with Crippen LogP contribution in [0.3, 0.4) is 0 Å². The molecule has 1 aromatic carbocycles. The second-order valence-corrected chi connectivity index (χ2v) is 4.37. The molecule has 3 nitrogen and oxygen atoms in total. The van der Waals surface area contributed by atoms with Crippen LogP contribution >= 0.6 is 0 Å². The average molecular weight is 210 g/mol. The minimum absolute atomic E-state index is 0.370. The Labute approximate surface area is 86.0 Å². The first-order valence-corrected chi connectivity index (χ1v) is 5.79. The fourth-order valence-electron chi connectivity index (χ4n) is 1.76. The van der Waals surface area contributed by atoms with Crippen molar-refractivity contribution in [2.24, 2.45) is 0 Å². The lowest BCUT2D eigenvalue weighted by molar-refractivity contribution is 0.537. The quantitative estimate of drug-likeness (QED) is 0.695. The highest BCUT2D eigenvalue weighted by Gasteiger charge is 2.12. The normalized spacial score (nSPS) is 18.5.